The zero-order valence-corrected chi connectivity index (χ0v) is 8.86. The summed E-state index contributed by atoms with van der Waals surface area (Å²) in [6, 6.07) is 7.98. The molecule has 0 saturated carbocycles. The van der Waals surface area contributed by atoms with E-state index in [0.29, 0.717) is 0 Å². The fraction of sp³-hybridized carbons (Fsp3) is 0.222. The first-order valence-electron chi connectivity index (χ1n) is 3.59. The topological polar surface area (TPSA) is 12.4 Å². The Morgan fingerprint density at radius 3 is 2.50 bits per heavy atom. The third kappa shape index (κ3) is 2.86. The van der Waals surface area contributed by atoms with Crippen molar-refractivity contribution in [2.75, 3.05) is 5.33 Å². The van der Waals surface area contributed by atoms with Crippen LogP contribution in [0, 0.1) is 0 Å². The number of benzene rings is 1. The van der Waals surface area contributed by atoms with E-state index in [9.17, 15) is 0 Å². The Labute approximate surface area is 85.6 Å². The second kappa shape index (κ2) is 5.20. The summed E-state index contributed by atoms with van der Waals surface area (Å²) in [7, 11) is 0. The predicted molar refractivity (Wildman–Crippen MR) is 58.6 cm³/mol. The van der Waals surface area contributed by atoms with Crippen molar-refractivity contribution in [2.45, 2.75) is 6.42 Å². The fourth-order valence-corrected chi connectivity index (χ4v) is 1.46. The molecule has 0 atom stereocenters. The predicted octanol–water partition coefficient (Wildman–Crippen LogP) is 3.36. The maximum atomic E-state index is 4.49. The van der Waals surface area contributed by atoms with Crippen LogP contribution in [0.3, 0.4) is 0 Å². The number of hydrogen-bond donors (Lipinski definition) is 0. The van der Waals surface area contributed by atoms with Crippen molar-refractivity contribution in [1.29, 1.82) is 0 Å². The normalized spacial score (nSPS) is 9.08. The summed E-state index contributed by atoms with van der Waals surface area (Å²) < 4.78 is 0. The van der Waals surface area contributed by atoms with Crippen LogP contribution in [0.15, 0.2) is 29.3 Å². The lowest BCUT2D eigenvalue weighted by Crippen LogP contribution is -1.83. The first-order chi connectivity index (χ1) is 5.86. The van der Waals surface area contributed by atoms with Crippen molar-refractivity contribution in [3.05, 3.63) is 29.8 Å². The van der Waals surface area contributed by atoms with Gasteiger partial charge in [0.2, 0.25) is 0 Å². The lowest BCUT2D eigenvalue weighted by molar-refractivity contribution is 1.17. The van der Waals surface area contributed by atoms with Gasteiger partial charge in [-0.05, 0) is 36.3 Å². The van der Waals surface area contributed by atoms with Crippen LogP contribution >= 0.6 is 28.1 Å². The Morgan fingerprint density at radius 1 is 1.33 bits per heavy atom. The first-order valence-corrected chi connectivity index (χ1v) is 5.12. The van der Waals surface area contributed by atoms with E-state index >= 15 is 0 Å². The molecule has 0 saturated heterocycles. The van der Waals surface area contributed by atoms with Crippen molar-refractivity contribution in [1.82, 2.24) is 0 Å². The van der Waals surface area contributed by atoms with Crippen LogP contribution < -0.4 is 0 Å². The van der Waals surface area contributed by atoms with E-state index in [1.165, 1.54) is 5.56 Å². The maximum Gasteiger partial charge on any atom is 0.0739 e. The summed E-state index contributed by atoms with van der Waals surface area (Å²) >= 11 is 7.88. The van der Waals surface area contributed by atoms with Crippen LogP contribution in [0.5, 0.6) is 0 Å². The molecule has 1 nitrogen and oxygen atoms in total. The highest BCUT2D eigenvalue weighted by molar-refractivity contribution is 9.09. The molecular weight excluding hydrogens is 234 g/mol. The highest BCUT2D eigenvalue weighted by atomic mass is 79.9. The Morgan fingerprint density at radius 2 is 2.00 bits per heavy atom. The Hall–Kier alpha value is -0.500. The van der Waals surface area contributed by atoms with Gasteiger partial charge >= 0.3 is 0 Å². The van der Waals surface area contributed by atoms with Gasteiger partial charge in [0.15, 0.2) is 0 Å². The molecule has 0 N–H and O–H groups in total. The largest absolute Gasteiger partial charge is 0.195 e. The summed E-state index contributed by atoms with van der Waals surface area (Å²) in [6.07, 6.45) is 1.04. The lowest BCUT2D eigenvalue weighted by Gasteiger charge is -1.96. The minimum Gasteiger partial charge on any atom is -0.195 e. The van der Waals surface area contributed by atoms with Crippen molar-refractivity contribution in [3.8, 4) is 0 Å². The van der Waals surface area contributed by atoms with E-state index in [4.69, 9.17) is 0 Å². The van der Waals surface area contributed by atoms with Gasteiger partial charge < -0.3 is 0 Å². The SMILES string of the molecule is S=C=Nc1ccc(CCBr)cc1. The number of isothiocyanates is 1. The van der Waals surface area contributed by atoms with E-state index in [-0.39, 0.29) is 0 Å². The minimum absolute atomic E-state index is 0.864. The number of hydrogen-bond acceptors (Lipinski definition) is 2. The number of nitrogens with zero attached hydrogens (tertiary/aromatic N) is 1. The van der Waals surface area contributed by atoms with E-state index in [1.807, 2.05) is 24.3 Å². The van der Waals surface area contributed by atoms with Gasteiger partial charge in [0.25, 0.3) is 0 Å². The number of aryl methyl sites for hydroxylation is 1. The monoisotopic (exact) mass is 241 g/mol. The van der Waals surface area contributed by atoms with E-state index in [0.717, 1.165) is 17.4 Å². The summed E-state index contributed by atoms with van der Waals surface area (Å²) in [5.41, 5.74) is 2.17. The molecule has 0 radical (unpaired) electrons. The third-order valence-corrected chi connectivity index (χ3v) is 1.98. The molecule has 12 heavy (non-hydrogen) atoms. The number of halogens is 1. The molecule has 0 spiro atoms. The van der Waals surface area contributed by atoms with Crippen LogP contribution in [-0.2, 0) is 6.42 Å². The smallest absolute Gasteiger partial charge is 0.0739 e. The van der Waals surface area contributed by atoms with E-state index in [1.54, 1.807) is 0 Å². The molecule has 0 fully saturated rings. The number of rotatable bonds is 3. The zero-order valence-electron chi connectivity index (χ0n) is 6.46. The number of aliphatic imine (C=N–C) groups is 1. The zero-order chi connectivity index (χ0) is 8.81. The maximum absolute atomic E-state index is 4.49. The Balaban J connectivity index is 2.77. The van der Waals surface area contributed by atoms with Gasteiger partial charge in [-0.15, -0.1) is 0 Å². The molecule has 0 heterocycles. The molecule has 0 aliphatic heterocycles. The lowest BCUT2D eigenvalue weighted by atomic mass is 10.2. The van der Waals surface area contributed by atoms with Crippen LogP contribution in [0.1, 0.15) is 5.56 Å². The van der Waals surface area contributed by atoms with Crippen molar-refractivity contribution >= 4 is 39.0 Å². The third-order valence-electron chi connectivity index (χ3n) is 1.49. The first kappa shape index (κ1) is 9.59. The van der Waals surface area contributed by atoms with Crippen molar-refractivity contribution in [2.24, 2.45) is 4.99 Å². The number of thiocarbonyl (C=S) groups is 1. The van der Waals surface area contributed by atoms with Gasteiger partial charge in [0, 0.05) is 5.33 Å². The highest BCUT2D eigenvalue weighted by Gasteiger charge is 1.91. The van der Waals surface area contributed by atoms with Gasteiger partial charge in [-0.2, -0.15) is 4.99 Å². The van der Waals surface area contributed by atoms with Crippen molar-refractivity contribution < 1.29 is 0 Å². The van der Waals surface area contributed by atoms with Crippen LogP contribution in [0.2, 0.25) is 0 Å². The molecule has 0 aliphatic rings. The second-order valence-electron chi connectivity index (χ2n) is 2.31. The van der Waals surface area contributed by atoms with E-state index < -0.39 is 0 Å². The quantitative estimate of drug-likeness (QED) is 0.449. The summed E-state index contributed by atoms with van der Waals surface area (Å²) in [6.45, 7) is 0. The standard InChI is InChI=1S/C9H8BrNS/c10-6-5-8-1-3-9(4-2-8)11-7-12/h1-4H,5-6H2. The van der Waals surface area contributed by atoms with Crippen LogP contribution in [0.4, 0.5) is 5.69 Å². The average Bonchev–Trinajstić information content (AvgIpc) is 2.09. The molecule has 0 unspecified atom stereocenters. The average molecular weight is 242 g/mol. The van der Waals surface area contributed by atoms with Crippen LogP contribution in [0.25, 0.3) is 0 Å². The summed E-state index contributed by atoms with van der Waals surface area (Å²) in [5.74, 6) is 0. The van der Waals surface area contributed by atoms with Gasteiger partial charge in [-0.3, -0.25) is 0 Å². The molecule has 1 aromatic rings. The van der Waals surface area contributed by atoms with E-state index in [2.05, 4.69) is 38.3 Å². The molecule has 0 amide bonds. The minimum atomic E-state index is 0.864. The number of alkyl halides is 1. The highest BCUT2D eigenvalue weighted by Crippen LogP contribution is 2.12. The molecule has 1 aromatic carbocycles. The molecule has 0 bridgehead atoms. The Kier molecular flexibility index (Phi) is 4.15. The van der Waals surface area contributed by atoms with Gasteiger partial charge in [-0.1, -0.05) is 28.1 Å². The Bertz CT molecular complexity index is 288. The van der Waals surface area contributed by atoms with Gasteiger partial charge in [-0.25, -0.2) is 0 Å². The molecule has 62 valence electrons. The molecule has 1 rings (SSSR count). The summed E-state index contributed by atoms with van der Waals surface area (Å²) in [4.78, 5) is 3.86. The molecule has 0 aromatic heterocycles. The second-order valence-corrected chi connectivity index (χ2v) is 3.28. The molecule has 0 aliphatic carbocycles. The van der Waals surface area contributed by atoms with Crippen molar-refractivity contribution in [3.63, 3.8) is 0 Å². The fourth-order valence-electron chi connectivity index (χ4n) is 0.899. The molecule has 3 heteroatoms. The molecular formula is C9H8BrNS. The summed E-state index contributed by atoms with van der Waals surface area (Å²) in [5, 5.41) is 3.32. The van der Waals surface area contributed by atoms with Gasteiger partial charge in [0.05, 0.1) is 10.8 Å². The van der Waals surface area contributed by atoms with Crippen LogP contribution in [-0.4, -0.2) is 10.5 Å². The van der Waals surface area contributed by atoms with Gasteiger partial charge in [0.1, 0.15) is 0 Å².